The van der Waals surface area contributed by atoms with Gasteiger partial charge in [-0.2, -0.15) is 0 Å². The highest BCUT2D eigenvalue weighted by atomic mass is 32.2. The lowest BCUT2D eigenvalue weighted by Gasteiger charge is -2.11. The van der Waals surface area contributed by atoms with Crippen LogP contribution in [0.1, 0.15) is 13.8 Å². The average Bonchev–Trinajstić information content (AvgIpc) is 2.79. The third kappa shape index (κ3) is 3.57. The normalized spacial score (nSPS) is 10.9. The molecule has 7 heteroatoms. The van der Waals surface area contributed by atoms with E-state index in [4.69, 9.17) is 5.11 Å². The molecule has 2 aromatic rings. The maximum atomic E-state index is 10.7. The first-order valence-corrected chi connectivity index (χ1v) is 7.24. The number of thioether (sulfide) groups is 1. The smallest absolute Gasteiger partial charge is 0.313 e. The molecule has 0 aliphatic carbocycles. The van der Waals surface area contributed by atoms with Crippen LogP contribution in [0.3, 0.4) is 0 Å². The van der Waals surface area contributed by atoms with Crippen molar-refractivity contribution in [3.05, 3.63) is 24.5 Å². The van der Waals surface area contributed by atoms with Gasteiger partial charge in [-0.05, 0) is 18.1 Å². The fourth-order valence-electron chi connectivity index (χ4n) is 1.76. The number of carboxylic acids is 1. The number of nitrogens with zero attached hydrogens (tertiary/aromatic N) is 4. The number of rotatable bonds is 6. The molecule has 106 valence electrons. The molecule has 0 fully saturated rings. The molecule has 2 heterocycles. The second-order valence-electron chi connectivity index (χ2n) is 4.73. The second-order valence-corrected chi connectivity index (χ2v) is 5.68. The van der Waals surface area contributed by atoms with Crippen LogP contribution >= 0.6 is 11.8 Å². The fraction of sp³-hybridized carbons (Fsp3) is 0.385. The summed E-state index contributed by atoms with van der Waals surface area (Å²) in [6, 6.07) is 3.76. The number of hydrogen-bond donors (Lipinski definition) is 1. The van der Waals surface area contributed by atoms with Gasteiger partial charge in [0.05, 0.1) is 5.75 Å². The van der Waals surface area contributed by atoms with Crippen molar-refractivity contribution < 1.29 is 9.90 Å². The lowest BCUT2D eigenvalue weighted by molar-refractivity contribution is -0.133. The standard InChI is InChI=1S/C13H16N4O2S/c1-9(2)7-17-12(10-4-3-5-14-6-10)15-16-13(17)20-8-11(18)19/h3-6,9H,7-8H2,1-2H3,(H,18,19). The van der Waals surface area contributed by atoms with Crippen LogP contribution in [-0.2, 0) is 11.3 Å². The third-order valence-corrected chi connectivity index (χ3v) is 3.46. The first-order chi connectivity index (χ1) is 9.58. The molecular weight excluding hydrogens is 276 g/mol. The Balaban J connectivity index is 2.34. The largest absolute Gasteiger partial charge is 0.481 e. The Kier molecular flexibility index (Phi) is 4.73. The molecule has 1 N–H and O–H groups in total. The Morgan fingerprint density at radius 1 is 1.45 bits per heavy atom. The number of pyridine rings is 1. The van der Waals surface area contributed by atoms with E-state index in [1.165, 1.54) is 11.8 Å². The summed E-state index contributed by atoms with van der Waals surface area (Å²) in [5, 5.41) is 17.7. The molecule has 0 radical (unpaired) electrons. The predicted octanol–water partition coefficient (Wildman–Crippen LogP) is 2.17. The third-order valence-electron chi connectivity index (χ3n) is 2.51. The van der Waals surface area contributed by atoms with E-state index in [-0.39, 0.29) is 5.75 Å². The van der Waals surface area contributed by atoms with Crippen LogP contribution in [0.2, 0.25) is 0 Å². The van der Waals surface area contributed by atoms with Gasteiger partial charge in [0.25, 0.3) is 0 Å². The molecule has 2 rings (SSSR count). The highest BCUT2D eigenvalue weighted by molar-refractivity contribution is 7.99. The highest BCUT2D eigenvalue weighted by Crippen LogP contribution is 2.24. The Morgan fingerprint density at radius 2 is 2.25 bits per heavy atom. The summed E-state index contributed by atoms with van der Waals surface area (Å²) in [6.45, 7) is 4.93. The van der Waals surface area contributed by atoms with Gasteiger partial charge in [0.15, 0.2) is 11.0 Å². The van der Waals surface area contributed by atoms with Gasteiger partial charge in [0.2, 0.25) is 0 Å². The van der Waals surface area contributed by atoms with E-state index in [0.717, 1.165) is 17.9 Å². The SMILES string of the molecule is CC(C)Cn1c(SCC(=O)O)nnc1-c1cccnc1. The Bertz CT molecular complexity index is 583. The zero-order chi connectivity index (χ0) is 14.5. The van der Waals surface area contributed by atoms with Crippen molar-refractivity contribution in [3.63, 3.8) is 0 Å². The molecule has 0 amide bonds. The van der Waals surface area contributed by atoms with Gasteiger partial charge >= 0.3 is 5.97 Å². The Labute approximate surface area is 121 Å². The number of carboxylic acid groups (broad SMARTS) is 1. The minimum atomic E-state index is -0.864. The van der Waals surface area contributed by atoms with Crippen molar-refractivity contribution >= 4 is 17.7 Å². The van der Waals surface area contributed by atoms with Crippen LogP contribution in [0.25, 0.3) is 11.4 Å². The molecule has 0 unspecified atom stereocenters. The Hall–Kier alpha value is -1.89. The zero-order valence-electron chi connectivity index (χ0n) is 11.4. The monoisotopic (exact) mass is 292 g/mol. The average molecular weight is 292 g/mol. The summed E-state index contributed by atoms with van der Waals surface area (Å²) in [5.41, 5.74) is 0.878. The van der Waals surface area contributed by atoms with Gasteiger partial charge in [-0.25, -0.2) is 0 Å². The Morgan fingerprint density at radius 3 is 2.85 bits per heavy atom. The summed E-state index contributed by atoms with van der Waals surface area (Å²) in [5.74, 6) is 0.241. The summed E-state index contributed by atoms with van der Waals surface area (Å²) in [6.07, 6.45) is 3.43. The molecule has 0 spiro atoms. The van der Waals surface area contributed by atoms with Crippen LogP contribution in [0, 0.1) is 5.92 Å². The van der Waals surface area contributed by atoms with Gasteiger partial charge in [0, 0.05) is 24.5 Å². The summed E-state index contributed by atoms with van der Waals surface area (Å²) in [7, 11) is 0. The van der Waals surface area contributed by atoms with Crippen molar-refractivity contribution in [1.29, 1.82) is 0 Å². The van der Waals surface area contributed by atoms with Crippen molar-refractivity contribution in [3.8, 4) is 11.4 Å². The number of hydrogen-bond acceptors (Lipinski definition) is 5. The maximum absolute atomic E-state index is 10.7. The van der Waals surface area contributed by atoms with Gasteiger partial charge in [0.1, 0.15) is 0 Å². The number of carbonyl (C=O) groups is 1. The van der Waals surface area contributed by atoms with Crippen LogP contribution < -0.4 is 0 Å². The van der Waals surface area contributed by atoms with Crippen LogP contribution in [0.15, 0.2) is 29.7 Å². The summed E-state index contributed by atoms with van der Waals surface area (Å²) < 4.78 is 1.95. The molecule has 0 saturated heterocycles. The molecule has 0 bridgehead atoms. The molecule has 0 atom stereocenters. The fourth-order valence-corrected chi connectivity index (χ4v) is 2.43. The lowest BCUT2D eigenvalue weighted by atomic mass is 10.2. The number of aliphatic carboxylic acids is 1. The first-order valence-electron chi connectivity index (χ1n) is 6.26. The van der Waals surface area contributed by atoms with Crippen molar-refractivity contribution in [2.24, 2.45) is 5.92 Å². The molecule has 0 aromatic carbocycles. The van der Waals surface area contributed by atoms with Crippen LogP contribution in [0.4, 0.5) is 0 Å². The van der Waals surface area contributed by atoms with Gasteiger partial charge in [-0.3, -0.25) is 9.78 Å². The van der Waals surface area contributed by atoms with Crippen LogP contribution in [0.5, 0.6) is 0 Å². The molecule has 0 aliphatic heterocycles. The topological polar surface area (TPSA) is 80.9 Å². The van der Waals surface area contributed by atoms with Crippen LogP contribution in [-0.4, -0.2) is 36.6 Å². The van der Waals surface area contributed by atoms with E-state index in [1.807, 2.05) is 16.7 Å². The summed E-state index contributed by atoms with van der Waals surface area (Å²) in [4.78, 5) is 14.8. The zero-order valence-corrected chi connectivity index (χ0v) is 12.2. The van der Waals surface area contributed by atoms with Gasteiger partial charge in [-0.1, -0.05) is 25.6 Å². The first kappa shape index (κ1) is 14.5. The minimum Gasteiger partial charge on any atom is -0.481 e. The molecule has 6 nitrogen and oxygen atoms in total. The molecule has 20 heavy (non-hydrogen) atoms. The predicted molar refractivity (Wildman–Crippen MR) is 76.5 cm³/mol. The van der Waals surface area contributed by atoms with Crippen molar-refractivity contribution in [1.82, 2.24) is 19.7 Å². The van der Waals surface area contributed by atoms with E-state index in [2.05, 4.69) is 29.0 Å². The van der Waals surface area contributed by atoms with E-state index < -0.39 is 5.97 Å². The van der Waals surface area contributed by atoms with E-state index in [9.17, 15) is 4.79 Å². The van der Waals surface area contributed by atoms with Crippen molar-refractivity contribution in [2.45, 2.75) is 25.5 Å². The van der Waals surface area contributed by atoms with Gasteiger partial charge < -0.3 is 9.67 Å². The minimum absolute atomic E-state index is 0.0245. The highest BCUT2D eigenvalue weighted by Gasteiger charge is 2.16. The summed E-state index contributed by atoms with van der Waals surface area (Å²) >= 11 is 1.18. The van der Waals surface area contributed by atoms with E-state index in [1.54, 1.807) is 12.4 Å². The van der Waals surface area contributed by atoms with Crippen molar-refractivity contribution in [2.75, 3.05) is 5.75 Å². The maximum Gasteiger partial charge on any atom is 0.313 e. The molecule has 0 aliphatic rings. The number of aromatic nitrogens is 4. The lowest BCUT2D eigenvalue weighted by Crippen LogP contribution is -2.09. The quantitative estimate of drug-likeness (QED) is 0.822. The van der Waals surface area contributed by atoms with Gasteiger partial charge in [-0.15, -0.1) is 10.2 Å². The molecule has 0 saturated carbocycles. The van der Waals surface area contributed by atoms with E-state index in [0.29, 0.717) is 11.1 Å². The van der Waals surface area contributed by atoms with E-state index >= 15 is 0 Å². The molecule has 2 aromatic heterocycles. The second kappa shape index (κ2) is 6.51. The molecular formula is C13H16N4O2S.